The van der Waals surface area contributed by atoms with Crippen LogP contribution in [0.3, 0.4) is 0 Å². The van der Waals surface area contributed by atoms with Gasteiger partial charge in [-0.1, -0.05) is 0 Å². The van der Waals surface area contributed by atoms with Crippen LogP contribution in [0.15, 0.2) is 6.20 Å². The summed E-state index contributed by atoms with van der Waals surface area (Å²) < 4.78 is 5.56. The first-order chi connectivity index (χ1) is 10.6. The fraction of sp³-hybridized carbons (Fsp3) is 0.533. The summed E-state index contributed by atoms with van der Waals surface area (Å²) in [4.78, 5) is 14.7. The van der Waals surface area contributed by atoms with Gasteiger partial charge in [0.15, 0.2) is 0 Å². The average molecular weight is 303 g/mol. The first-order valence-corrected chi connectivity index (χ1v) is 7.45. The molecule has 118 valence electrons. The Hall–Kier alpha value is -2.15. The molecule has 0 aromatic carbocycles. The normalized spacial score (nSPS) is 18.7. The highest BCUT2D eigenvalue weighted by molar-refractivity contribution is 5.80. The molecule has 0 aliphatic carbocycles. The van der Waals surface area contributed by atoms with Crippen LogP contribution in [0.4, 0.5) is 0 Å². The molecule has 1 aliphatic heterocycles. The monoisotopic (exact) mass is 303 g/mol. The second-order valence-electron chi connectivity index (χ2n) is 5.73. The predicted octanol–water partition coefficient (Wildman–Crippen LogP) is 1.20. The van der Waals surface area contributed by atoms with Crippen LogP contribution in [-0.4, -0.2) is 51.0 Å². The molecule has 2 aromatic heterocycles. The molecule has 2 aromatic rings. The summed E-state index contributed by atoms with van der Waals surface area (Å²) in [5.41, 5.74) is 4.82. The predicted molar refractivity (Wildman–Crippen MR) is 80.4 cm³/mol. The summed E-state index contributed by atoms with van der Waals surface area (Å²) in [6.07, 6.45) is 2.13. The van der Waals surface area contributed by atoms with Crippen molar-refractivity contribution in [1.29, 1.82) is 0 Å². The van der Waals surface area contributed by atoms with Crippen LogP contribution in [0, 0.1) is 20.8 Å². The molecule has 0 bridgehead atoms. The van der Waals surface area contributed by atoms with Gasteiger partial charge in [0.1, 0.15) is 0 Å². The summed E-state index contributed by atoms with van der Waals surface area (Å²) >= 11 is 0. The lowest BCUT2D eigenvalue weighted by atomic mass is 10.1. The largest absolute Gasteiger partial charge is 0.377 e. The Balaban J connectivity index is 1.82. The quantitative estimate of drug-likeness (QED) is 0.892. The van der Waals surface area contributed by atoms with Gasteiger partial charge in [0, 0.05) is 17.8 Å². The van der Waals surface area contributed by atoms with E-state index in [0.29, 0.717) is 26.2 Å². The van der Waals surface area contributed by atoms with Crippen LogP contribution in [-0.2, 0) is 16.0 Å². The molecule has 7 heteroatoms. The molecule has 22 heavy (non-hydrogen) atoms. The Morgan fingerprint density at radius 2 is 2.23 bits per heavy atom. The van der Waals surface area contributed by atoms with Gasteiger partial charge in [-0.15, -0.1) is 0 Å². The van der Waals surface area contributed by atoms with E-state index in [1.165, 1.54) is 0 Å². The Labute approximate surface area is 129 Å². The van der Waals surface area contributed by atoms with E-state index in [-0.39, 0.29) is 11.9 Å². The molecule has 1 atom stereocenters. The van der Waals surface area contributed by atoms with Crippen LogP contribution in [0.1, 0.15) is 34.3 Å². The molecule has 1 aliphatic rings. The number of aromatic amines is 2. The number of nitrogens with zero attached hydrogens (tertiary/aromatic N) is 3. The van der Waals surface area contributed by atoms with Crippen molar-refractivity contribution in [3.05, 3.63) is 34.4 Å². The maximum Gasteiger partial charge on any atom is 0.227 e. The van der Waals surface area contributed by atoms with Crippen LogP contribution in [0.5, 0.6) is 0 Å². The van der Waals surface area contributed by atoms with Gasteiger partial charge in [-0.2, -0.15) is 10.2 Å². The van der Waals surface area contributed by atoms with Gasteiger partial charge in [0.25, 0.3) is 0 Å². The molecule has 0 unspecified atom stereocenters. The number of rotatable bonds is 3. The first kappa shape index (κ1) is 14.8. The highest BCUT2D eigenvalue weighted by Gasteiger charge is 2.31. The third-order valence-corrected chi connectivity index (χ3v) is 4.26. The van der Waals surface area contributed by atoms with Gasteiger partial charge < -0.3 is 9.64 Å². The van der Waals surface area contributed by atoms with E-state index in [2.05, 4.69) is 20.4 Å². The van der Waals surface area contributed by atoms with Gasteiger partial charge in [0.2, 0.25) is 5.91 Å². The molecule has 1 saturated heterocycles. The van der Waals surface area contributed by atoms with Crippen molar-refractivity contribution < 1.29 is 9.53 Å². The molecular weight excluding hydrogens is 282 g/mol. The second kappa shape index (κ2) is 5.92. The van der Waals surface area contributed by atoms with Gasteiger partial charge in [-0.25, -0.2) is 0 Å². The van der Waals surface area contributed by atoms with Crippen LogP contribution < -0.4 is 0 Å². The number of amides is 1. The van der Waals surface area contributed by atoms with E-state index < -0.39 is 0 Å². The van der Waals surface area contributed by atoms with Crippen LogP contribution in [0.25, 0.3) is 0 Å². The van der Waals surface area contributed by atoms with Gasteiger partial charge in [-0.05, 0) is 26.3 Å². The number of ether oxygens (including phenoxy) is 1. The number of morpholine rings is 1. The van der Waals surface area contributed by atoms with E-state index in [9.17, 15) is 4.79 Å². The minimum Gasteiger partial charge on any atom is -0.377 e. The van der Waals surface area contributed by atoms with Crippen molar-refractivity contribution in [2.24, 2.45) is 0 Å². The molecule has 1 amide bonds. The molecule has 0 saturated carbocycles. The zero-order valence-corrected chi connectivity index (χ0v) is 13.1. The highest BCUT2D eigenvalue weighted by Crippen LogP contribution is 2.26. The smallest absolute Gasteiger partial charge is 0.227 e. The van der Waals surface area contributed by atoms with E-state index >= 15 is 0 Å². The minimum atomic E-state index is -0.101. The van der Waals surface area contributed by atoms with E-state index in [0.717, 1.165) is 28.2 Å². The average Bonchev–Trinajstić information content (AvgIpc) is 3.07. The highest BCUT2D eigenvalue weighted by atomic mass is 16.5. The maximum atomic E-state index is 12.8. The number of nitrogens with one attached hydrogen (secondary N) is 2. The number of aryl methyl sites for hydroxylation is 3. The number of aromatic nitrogens is 4. The Bertz CT molecular complexity index is 656. The fourth-order valence-corrected chi connectivity index (χ4v) is 2.92. The topological polar surface area (TPSA) is 86.9 Å². The van der Waals surface area contributed by atoms with Gasteiger partial charge >= 0.3 is 0 Å². The molecule has 0 spiro atoms. The third-order valence-electron chi connectivity index (χ3n) is 4.26. The molecule has 7 nitrogen and oxygen atoms in total. The van der Waals surface area contributed by atoms with Crippen molar-refractivity contribution in [1.82, 2.24) is 25.3 Å². The fourth-order valence-electron chi connectivity index (χ4n) is 2.92. The molecule has 1 fully saturated rings. The summed E-state index contributed by atoms with van der Waals surface area (Å²) in [6, 6.07) is -0.101. The zero-order chi connectivity index (χ0) is 15.7. The minimum absolute atomic E-state index is 0.0925. The first-order valence-electron chi connectivity index (χ1n) is 7.45. The van der Waals surface area contributed by atoms with Gasteiger partial charge in [0.05, 0.1) is 43.3 Å². The number of H-pyrrole nitrogens is 2. The number of carbonyl (C=O) groups excluding carboxylic acids is 1. The van der Waals surface area contributed by atoms with Crippen molar-refractivity contribution in [3.63, 3.8) is 0 Å². The van der Waals surface area contributed by atoms with E-state index in [1.807, 2.05) is 25.7 Å². The summed E-state index contributed by atoms with van der Waals surface area (Å²) in [7, 11) is 0. The van der Waals surface area contributed by atoms with E-state index in [4.69, 9.17) is 4.74 Å². The summed E-state index contributed by atoms with van der Waals surface area (Å²) in [5, 5.41) is 14.2. The van der Waals surface area contributed by atoms with Crippen molar-refractivity contribution in [2.75, 3.05) is 19.8 Å². The lowest BCUT2D eigenvalue weighted by Gasteiger charge is -2.35. The van der Waals surface area contributed by atoms with Crippen LogP contribution in [0.2, 0.25) is 0 Å². The SMILES string of the molecule is Cc1cn[nH]c1[C@H]1COCCN1C(=O)Cc1c(C)n[nH]c1C. The number of hydrogen-bond donors (Lipinski definition) is 2. The summed E-state index contributed by atoms with van der Waals surface area (Å²) in [6.45, 7) is 7.51. The second-order valence-corrected chi connectivity index (χ2v) is 5.73. The zero-order valence-electron chi connectivity index (χ0n) is 13.1. The number of hydrogen-bond acceptors (Lipinski definition) is 4. The van der Waals surface area contributed by atoms with E-state index in [1.54, 1.807) is 6.20 Å². The Morgan fingerprint density at radius 3 is 2.86 bits per heavy atom. The Morgan fingerprint density at radius 1 is 1.41 bits per heavy atom. The molecular formula is C15H21N5O2. The third kappa shape index (κ3) is 2.64. The van der Waals surface area contributed by atoms with Gasteiger partial charge in [-0.3, -0.25) is 15.0 Å². The maximum absolute atomic E-state index is 12.8. The van der Waals surface area contributed by atoms with Crippen molar-refractivity contribution >= 4 is 5.91 Å². The lowest BCUT2D eigenvalue weighted by molar-refractivity contribution is -0.139. The number of carbonyl (C=O) groups is 1. The van der Waals surface area contributed by atoms with Crippen LogP contribution >= 0.6 is 0 Å². The Kier molecular flexibility index (Phi) is 3.98. The molecule has 2 N–H and O–H groups in total. The molecule has 3 heterocycles. The molecule has 0 radical (unpaired) electrons. The lowest BCUT2D eigenvalue weighted by Crippen LogP contribution is -2.44. The van der Waals surface area contributed by atoms with Crippen molar-refractivity contribution in [3.8, 4) is 0 Å². The van der Waals surface area contributed by atoms with Crippen molar-refractivity contribution in [2.45, 2.75) is 33.2 Å². The summed E-state index contributed by atoms with van der Waals surface area (Å²) in [5.74, 6) is 0.0925. The molecule has 3 rings (SSSR count). The standard InChI is InChI=1S/C15H21N5O2/c1-9-7-16-19-15(9)13-8-22-5-4-20(13)14(21)6-12-10(2)17-18-11(12)3/h7,13H,4-6,8H2,1-3H3,(H,16,19)(H,17,18)/t13-/m1/s1.